The molecule has 0 aromatic carbocycles. The predicted octanol–water partition coefficient (Wildman–Crippen LogP) is 0.527. The molecule has 0 aliphatic carbocycles. The molecule has 6 nitrogen and oxygen atoms in total. The summed E-state index contributed by atoms with van der Waals surface area (Å²) in [4.78, 5) is 4.51. The first kappa shape index (κ1) is 18.2. The van der Waals surface area contributed by atoms with E-state index in [1.54, 1.807) is 0 Å². The molecule has 0 amide bonds. The van der Waals surface area contributed by atoms with Crippen LogP contribution in [0, 0.1) is 5.92 Å². The van der Waals surface area contributed by atoms with Crippen LogP contribution in [-0.2, 0) is 10.0 Å². The maximum atomic E-state index is 10.9. The van der Waals surface area contributed by atoms with E-state index in [9.17, 15) is 8.42 Å². The summed E-state index contributed by atoms with van der Waals surface area (Å²) in [5.74, 6) is 1.34. The van der Waals surface area contributed by atoms with E-state index in [0.29, 0.717) is 19.0 Å². The van der Waals surface area contributed by atoms with Crippen molar-refractivity contribution in [1.82, 2.24) is 15.4 Å². The lowest BCUT2D eigenvalue weighted by molar-refractivity contribution is 0.504. The van der Waals surface area contributed by atoms with Gasteiger partial charge in [0.05, 0.1) is 6.26 Å². The highest BCUT2D eigenvalue weighted by Crippen LogP contribution is 2.06. The van der Waals surface area contributed by atoms with Crippen molar-refractivity contribution in [2.45, 2.75) is 33.6 Å². The highest BCUT2D eigenvalue weighted by Gasteiger charge is 2.04. The quantitative estimate of drug-likeness (QED) is 0.329. The lowest BCUT2D eigenvalue weighted by Crippen LogP contribution is -2.41. The molecule has 0 aliphatic heterocycles. The summed E-state index contributed by atoms with van der Waals surface area (Å²) in [6, 6.07) is 0. The third kappa shape index (κ3) is 10.8. The Morgan fingerprint density at radius 3 is 2.21 bits per heavy atom. The summed E-state index contributed by atoms with van der Waals surface area (Å²) in [6.07, 6.45) is 3.39. The summed E-state index contributed by atoms with van der Waals surface area (Å²) in [6.45, 7) is 8.79. The Bertz CT molecular complexity index is 351. The van der Waals surface area contributed by atoms with Gasteiger partial charge in [-0.15, -0.1) is 0 Å². The lowest BCUT2D eigenvalue weighted by Gasteiger charge is -2.14. The molecule has 0 unspecified atom stereocenters. The van der Waals surface area contributed by atoms with Crippen LogP contribution in [0.1, 0.15) is 33.6 Å². The van der Waals surface area contributed by atoms with Crippen LogP contribution in [0.5, 0.6) is 0 Å². The first-order valence-corrected chi connectivity index (χ1v) is 8.78. The van der Waals surface area contributed by atoms with E-state index >= 15 is 0 Å². The van der Waals surface area contributed by atoms with Crippen LogP contribution in [0.2, 0.25) is 0 Å². The average Bonchev–Trinajstić information content (AvgIpc) is 2.34. The molecule has 114 valence electrons. The van der Waals surface area contributed by atoms with E-state index in [1.165, 1.54) is 0 Å². The molecule has 0 rings (SSSR count). The Morgan fingerprint density at radius 2 is 1.74 bits per heavy atom. The minimum absolute atomic E-state index is 0.355. The second kappa shape index (κ2) is 10.0. The first-order valence-electron chi connectivity index (χ1n) is 6.89. The molecule has 0 saturated carbocycles. The molecule has 0 fully saturated rings. The zero-order valence-corrected chi connectivity index (χ0v) is 13.3. The van der Waals surface area contributed by atoms with E-state index in [4.69, 9.17) is 0 Å². The molecule has 7 heteroatoms. The standard InChI is InChI=1S/C12H28N4O2S/c1-5-11(6-2)10-15-12(13-7-3)14-8-9-16-19(4,17)18/h11,16H,5-10H2,1-4H3,(H2,13,14,15). The minimum Gasteiger partial charge on any atom is -0.357 e. The van der Waals surface area contributed by atoms with Crippen LogP contribution >= 0.6 is 0 Å². The number of guanidine groups is 1. The molecule has 0 heterocycles. The average molecular weight is 292 g/mol. The number of aliphatic imine (C=N–C) groups is 1. The van der Waals surface area contributed by atoms with Crippen LogP contribution in [0.3, 0.4) is 0 Å². The molecular weight excluding hydrogens is 264 g/mol. The van der Waals surface area contributed by atoms with E-state index in [-0.39, 0.29) is 0 Å². The summed E-state index contributed by atoms with van der Waals surface area (Å²) in [7, 11) is -3.12. The van der Waals surface area contributed by atoms with Gasteiger partial charge in [0.1, 0.15) is 0 Å². The molecule has 0 aromatic heterocycles. The normalized spacial score (nSPS) is 12.8. The van der Waals surface area contributed by atoms with Crippen molar-refractivity contribution in [3.05, 3.63) is 0 Å². The van der Waals surface area contributed by atoms with E-state index in [0.717, 1.165) is 38.1 Å². The Morgan fingerprint density at radius 1 is 1.11 bits per heavy atom. The Balaban J connectivity index is 4.14. The SMILES string of the molecule is CCNC(=NCC(CC)CC)NCCNS(C)(=O)=O. The summed E-state index contributed by atoms with van der Waals surface area (Å²) in [5.41, 5.74) is 0. The van der Waals surface area contributed by atoms with Crippen molar-refractivity contribution in [1.29, 1.82) is 0 Å². The van der Waals surface area contributed by atoms with Gasteiger partial charge in [-0.05, 0) is 12.8 Å². The predicted molar refractivity (Wildman–Crippen MR) is 80.9 cm³/mol. The number of rotatable bonds is 9. The van der Waals surface area contributed by atoms with Crippen molar-refractivity contribution in [3.63, 3.8) is 0 Å². The minimum atomic E-state index is -3.12. The molecule has 0 saturated heterocycles. The monoisotopic (exact) mass is 292 g/mol. The van der Waals surface area contributed by atoms with Crippen molar-refractivity contribution in [2.75, 3.05) is 32.4 Å². The van der Waals surface area contributed by atoms with Gasteiger partial charge in [-0.2, -0.15) is 0 Å². The zero-order valence-electron chi connectivity index (χ0n) is 12.5. The Hall–Kier alpha value is -0.820. The summed E-state index contributed by atoms with van der Waals surface area (Å²) in [5, 5.41) is 6.25. The fourth-order valence-corrected chi connectivity index (χ4v) is 2.00. The molecule has 0 bridgehead atoms. The molecule has 0 radical (unpaired) electrons. The molecule has 3 N–H and O–H groups in total. The van der Waals surface area contributed by atoms with Gasteiger partial charge in [0, 0.05) is 26.2 Å². The van der Waals surface area contributed by atoms with Crippen molar-refractivity contribution in [3.8, 4) is 0 Å². The molecule has 19 heavy (non-hydrogen) atoms. The highest BCUT2D eigenvalue weighted by molar-refractivity contribution is 7.88. The van der Waals surface area contributed by atoms with Crippen LogP contribution in [0.25, 0.3) is 0 Å². The van der Waals surface area contributed by atoms with E-state index in [2.05, 4.69) is 34.2 Å². The Kier molecular flexibility index (Phi) is 9.59. The van der Waals surface area contributed by atoms with Crippen LogP contribution in [0.15, 0.2) is 4.99 Å². The summed E-state index contributed by atoms with van der Waals surface area (Å²) < 4.78 is 24.3. The molecule has 0 atom stereocenters. The molecule has 0 spiro atoms. The van der Waals surface area contributed by atoms with Gasteiger partial charge in [-0.25, -0.2) is 13.1 Å². The van der Waals surface area contributed by atoms with Gasteiger partial charge < -0.3 is 10.6 Å². The van der Waals surface area contributed by atoms with Gasteiger partial charge in [0.2, 0.25) is 10.0 Å². The summed E-state index contributed by atoms with van der Waals surface area (Å²) >= 11 is 0. The second-order valence-corrected chi connectivity index (χ2v) is 6.33. The van der Waals surface area contributed by atoms with Crippen LogP contribution < -0.4 is 15.4 Å². The number of sulfonamides is 1. The lowest BCUT2D eigenvalue weighted by atomic mass is 10.0. The maximum Gasteiger partial charge on any atom is 0.208 e. The van der Waals surface area contributed by atoms with Gasteiger partial charge in [-0.3, -0.25) is 4.99 Å². The largest absolute Gasteiger partial charge is 0.357 e. The van der Waals surface area contributed by atoms with Crippen molar-refractivity contribution < 1.29 is 8.42 Å². The third-order valence-corrected chi connectivity index (χ3v) is 3.52. The fourth-order valence-electron chi connectivity index (χ4n) is 1.53. The number of nitrogens with one attached hydrogen (secondary N) is 3. The van der Waals surface area contributed by atoms with Gasteiger partial charge in [0.15, 0.2) is 5.96 Å². The van der Waals surface area contributed by atoms with Crippen molar-refractivity contribution >= 4 is 16.0 Å². The maximum absolute atomic E-state index is 10.9. The van der Waals surface area contributed by atoms with Crippen molar-refractivity contribution in [2.24, 2.45) is 10.9 Å². The molecule has 0 aromatic rings. The van der Waals surface area contributed by atoms with Crippen LogP contribution in [-0.4, -0.2) is 46.8 Å². The van der Waals surface area contributed by atoms with Crippen LogP contribution in [0.4, 0.5) is 0 Å². The van der Waals surface area contributed by atoms with Gasteiger partial charge >= 0.3 is 0 Å². The van der Waals surface area contributed by atoms with E-state index in [1.807, 2.05) is 6.92 Å². The number of nitrogens with zero attached hydrogens (tertiary/aromatic N) is 1. The highest BCUT2D eigenvalue weighted by atomic mass is 32.2. The molecule has 0 aliphatic rings. The Labute approximate surface area is 117 Å². The third-order valence-electron chi connectivity index (χ3n) is 2.79. The number of hydrogen-bond donors (Lipinski definition) is 3. The van der Waals surface area contributed by atoms with Gasteiger partial charge in [-0.1, -0.05) is 26.7 Å². The first-order chi connectivity index (χ1) is 8.92. The topological polar surface area (TPSA) is 82.6 Å². The van der Waals surface area contributed by atoms with E-state index < -0.39 is 10.0 Å². The zero-order chi connectivity index (χ0) is 14.7. The van der Waals surface area contributed by atoms with Gasteiger partial charge in [0.25, 0.3) is 0 Å². The second-order valence-electron chi connectivity index (χ2n) is 4.50. The molecular formula is C12H28N4O2S. The fraction of sp³-hybridized carbons (Fsp3) is 0.917. The smallest absolute Gasteiger partial charge is 0.208 e. The number of hydrogen-bond acceptors (Lipinski definition) is 3.